The summed E-state index contributed by atoms with van der Waals surface area (Å²) in [4.78, 5) is 25.7. The molecule has 2 aliphatic carbocycles. The summed E-state index contributed by atoms with van der Waals surface area (Å²) in [6.45, 7) is 0. The molecule has 3 rings (SSSR count). The summed E-state index contributed by atoms with van der Waals surface area (Å²) in [5, 5.41) is 2.82. The fourth-order valence-corrected chi connectivity index (χ4v) is 3.62. The van der Waals surface area contributed by atoms with Crippen LogP contribution in [0.25, 0.3) is 0 Å². The van der Waals surface area contributed by atoms with Crippen molar-refractivity contribution in [3.63, 3.8) is 0 Å². The molecular formula is C13H19FN2O2. The zero-order valence-electron chi connectivity index (χ0n) is 10.5. The first-order valence-electron chi connectivity index (χ1n) is 6.94. The first kappa shape index (κ1) is 11.9. The van der Waals surface area contributed by atoms with Crippen LogP contribution in [0, 0.1) is 0 Å². The summed E-state index contributed by atoms with van der Waals surface area (Å²) in [5.74, 6) is -0.181. The molecule has 2 saturated carbocycles. The quantitative estimate of drug-likeness (QED) is 0.729. The van der Waals surface area contributed by atoms with E-state index in [4.69, 9.17) is 0 Å². The number of amides is 3. The molecule has 5 heteroatoms. The summed E-state index contributed by atoms with van der Waals surface area (Å²) in [6.07, 6.45) is 5.11. The molecule has 18 heavy (non-hydrogen) atoms. The molecule has 3 fully saturated rings. The van der Waals surface area contributed by atoms with E-state index in [1.807, 2.05) is 0 Å². The Morgan fingerprint density at radius 3 is 2.44 bits per heavy atom. The van der Waals surface area contributed by atoms with Gasteiger partial charge in [-0.05, 0) is 25.7 Å². The molecule has 0 unspecified atom stereocenters. The normalized spacial score (nSPS) is 35.3. The standard InChI is InChI=1S/C13H19FN2O2/c14-9-5-1-2-6-10(9)16-11(17)13(15-12(16)18)7-3-4-8-13/h9-10H,1-8H2,(H,15,18)/t9-,10-/m1/s1. The molecule has 0 aromatic heterocycles. The molecule has 0 radical (unpaired) electrons. The highest BCUT2D eigenvalue weighted by atomic mass is 19.1. The number of hydrogen-bond donors (Lipinski definition) is 1. The van der Waals surface area contributed by atoms with Crippen LogP contribution in [0.2, 0.25) is 0 Å². The zero-order valence-corrected chi connectivity index (χ0v) is 10.5. The van der Waals surface area contributed by atoms with Crippen LogP contribution in [0.15, 0.2) is 0 Å². The lowest BCUT2D eigenvalue weighted by molar-refractivity contribution is -0.134. The van der Waals surface area contributed by atoms with Crippen molar-refractivity contribution in [1.29, 1.82) is 0 Å². The van der Waals surface area contributed by atoms with E-state index in [0.717, 1.165) is 25.7 Å². The van der Waals surface area contributed by atoms with Gasteiger partial charge in [-0.1, -0.05) is 25.7 Å². The van der Waals surface area contributed by atoms with Crippen molar-refractivity contribution in [3.8, 4) is 0 Å². The van der Waals surface area contributed by atoms with E-state index in [0.29, 0.717) is 25.7 Å². The summed E-state index contributed by atoms with van der Waals surface area (Å²) in [7, 11) is 0. The van der Waals surface area contributed by atoms with Gasteiger partial charge in [0.1, 0.15) is 11.7 Å². The number of urea groups is 1. The van der Waals surface area contributed by atoms with Gasteiger partial charge in [0.15, 0.2) is 0 Å². The second-order valence-electron chi connectivity index (χ2n) is 5.76. The highest BCUT2D eigenvalue weighted by Crippen LogP contribution is 2.38. The Labute approximate surface area is 106 Å². The number of alkyl halides is 1. The van der Waals surface area contributed by atoms with Gasteiger partial charge in [-0.15, -0.1) is 0 Å². The minimum atomic E-state index is -1.05. The highest BCUT2D eigenvalue weighted by molar-refractivity contribution is 6.07. The topological polar surface area (TPSA) is 49.4 Å². The lowest BCUT2D eigenvalue weighted by Crippen LogP contribution is -2.49. The van der Waals surface area contributed by atoms with E-state index in [1.165, 1.54) is 4.90 Å². The Hall–Kier alpha value is -1.13. The first-order valence-corrected chi connectivity index (χ1v) is 6.94. The van der Waals surface area contributed by atoms with Gasteiger partial charge in [0, 0.05) is 0 Å². The zero-order chi connectivity index (χ0) is 12.8. The number of carbonyl (C=O) groups is 2. The summed E-state index contributed by atoms with van der Waals surface area (Å²) < 4.78 is 13.9. The predicted molar refractivity (Wildman–Crippen MR) is 63.7 cm³/mol. The van der Waals surface area contributed by atoms with Crippen molar-refractivity contribution in [3.05, 3.63) is 0 Å². The molecule has 0 aromatic rings. The molecule has 1 spiro atoms. The van der Waals surface area contributed by atoms with Gasteiger partial charge in [0.2, 0.25) is 0 Å². The van der Waals surface area contributed by atoms with Gasteiger partial charge in [-0.3, -0.25) is 9.69 Å². The molecule has 2 atom stereocenters. The van der Waals surface area contributed by atoms with Crippen LogP contribution in [-0.2, 0) is 4.79 Å². The fourth-order valence-electron chi connectivity index (χ4n) is 3.62. The Morgan fingerprint density at radius 2 is 1.78 bits per heavy atom. The second kappa shape index (κ2) is 4.21. The molecule has 0 bridgehead atoms. The molecule has 1 aliphatic heterocycles. The summed E-state index contributed by atoms with van der Waals surface area (Å²) in [5.41, 5.74) is -0.700. The van der Waals surface area contributed by atoms with Crippen LogP contribution in [-0.4, -0.2) is 34.6 Å². The lowest BCUT2D eigenvalue weighted by atomic mass is 9.91. The Balaban J connectivity index is 1.84. The SMILES string of the molecule is O=C1NC2(CCCC2)C(=O)N1[C@@H]1CCCC[C@H]1F. The molecule has 1 heterocycles. The van der Waals surface area contributed by atoms with Crippen molar-refractivity contribution in [2.24, 2.45) is 0 Å². The maximum absolute atomic E-state index is 13.9. The van der Waals surface area contributed by atoms with Gasteiger partial charge in [0.25, 0.3) is 5.91 Å². The predicted octanol–water partition coefficient (Wildman–Crippen LogP) is 2.13. The Kier molecular flexibility index (Phi) is 2.79. The van der Waals surface area contributed by atoms with Crippen molar-refractivity contribution in [2.75, 3.05) is 0 Å². The number of nitrogens with one attached hydrogen (secondary N) is 1. The van der Waals surface area contributed by atoms with Gasteiger partial charge in [0.05, 0.1) is 6.04 Å². The number of imide groups is 1. The molecule has 3 aliphatic rings. The highest BCUT2D eigenvalue weighted by Gasteiger charge is 2.55. The number of rotatable bonds is 1. The molecule has 4 nitrogen and oxygen atoms in total. The number of nitrogens with zero attached hydrogens (tertiary/aromatic N) is 1. The van der Waals surface area contributed by atoms with Gasteiger partial charge in [-0.25, -0.2) is 9.18 Å². The molecule has 100 valence electrons. The number of halogens is 1. The van der Waals surface area contributed by atoms with E-state index in [2.05, 4.69) is 5.32 Å². The lowest BCUT2D eigenvalue weighted by Gasteiger charge is -2.32. The van der Waals surface area contributed by atoms with E-state index >= 15 is 0 Å². The minimum absolute atomic E-state index is 0.181. The molecule has 1 N–H and O–H groups in total. The largest absolute Gasteiger partial charge is 0.325 e. The third-order valence-electron chi connectivity index (χ3n) is 4.63. The summed E-state index contributed by atoms with van der Waals surface area (Å²) in [6, 6.07) is -0.914. The van der Waals surface area contributed by atoms with E-state index in [-0.39, 0.29) is 11.9 Å². The van der Waals surface area contributed by atoms with Crippen molar-refractivity contribution in [1.82, 2.24) is 10.2 Å². The van der Waals surface area contributed by atoms with E-state index in [1.54, 1.807) is 0 Å². The van der Waals surface area contributed by atoms with Crippen LogP contribution in [0.4, 0.5) is 9.18 Å². The maximum atomic E-state index is 13.9. The number of carbonyl (C=O) groups excluding carboxylic acids is 2. The van der Waals surface area contributed by atoms with Gasteiger partial charge in [-0.2, -0.15) is 0 Å². The molecule has 3 amide bonds. The third kappa shape index (κ3) is 1.63. The Morgan fingerprint density at radius 1 is 1.11 bits per heavy atom. The number of hydrogen-bond acceptors (Lipinski definition) is 2. The van der Waals surface area contributed by atoms with Gasteiger partial charge < -0.3 is 5.32 Å². The van der Waals surface area contributed by atoms with Crippen LogP contribution in [0.5, 0.6) is 0 Å². The maximum Gasteiger partial charge on any atom is 0.325 e. The van der Waals surface area contributed by atoms with Crippen molar-refractivity contribution >= 4 is 11.9 Å². The minimum Gasteiger partial charge on any atom is -0.323 e. The molecule has 0 aromatic carbocycles. The van der Waals surface area contributed by atoms with E-state index in [9.17, 15) is 14.0 Å². The van der Waals surface area contributed by atoms with Crippen LogP contribution in [0.3, 0.4) is 0 Å². The average molecular weight is 254 g/mol. The summed E-state index contributed by atoms with van der Waals surface area (Å²) >= 11 is 0. The van der Waals surface area contributed by atoms with Crippen LogP contribution in [0.1, 0.15) is 51.4 Å². The Bertz CT molecular complexity index is 379. The molecule has 1 saturated heterocycles. The van der Waals surface area contributed by atoms with E-state index < -0.39 is 17.8 Å². The van der Waals surface area contributed by atoms with Crippen LogP contribution >= 0.6 is 0 Å². The third-order valence-corrected chi connectivity index (χ3v) is 4.63. The van der Waals surface area contributed by atoms with Crippen LogP contribution < -0.4 is 5.32 Å². The fraction of sp³-hybridized carbons (Fsp3) is 0.846. The van der Waals surface area contributed by atoms with Crippen molar-refractivity contribution < 1.29 is 14.0 Å². The first-order chi connectivity index (χ1) is 8.64. The second-order valence-corrected chi connectivity index (χ2v) is 5.76. The smallest absolute Gasteiger partial charge is 0.323 e. The van der Waals surface area contributed by atoms with Crippen molar-refractivity contribution in [2.45, 2.75) is 69.1 Å². The monoisotopic (exact) mass is 254 g/mol. The molecular weight excluding hydrogens is 235 g/mol. The average Bonchev–Trinajstić information content (AvgIpc) is 2.89. The van der Waals surface area contributed by atoms with Gasteiger partial charge >= 0.3 is 6.03 Å².